The molecule has 0 spiro atoms. The lowest BCUT2D eigenvalue weighted by Crippen LogP contribution is -2.32. The zero-order chi connectivity index (χ0) is 26.9. The number of methoxy groups -OCH3 is 1. The molecule has 4 aromatic rings. The van der Waals surface area contributed by atoms with Crippen LogP contribution in [0.3, 0.4) is 0 Å². The van der Waals surface area contributed by atoms with Crippen molar-refractivity contribution in [3.63, 3.8) is 0 Å². The number of benzene rings is 4. The molecule has 1 amide bonds. The van der Waals surface area contributed by atoms with E-state index in [1.54, 1.807) is 30.2 Å². The van der Waals surface area contributed by atoms with Gasteiger partial charge in [-0.05, 0) is 71.0 Å². The number of carbonyl (C=O) groups is 1. The highest BCUT2D eigenvalue weighted by Gasteiger charge is 2.34. The number of carbonyl (C=O) groups excluding carboxylic acids is 1. The number of hydrogen-bond donors (Lipinski definition) is 3. The molecule has 0 bridgehead atoms. The van der Waals surface area contributed by atoms with Gasteiger partial charge in [-0.3, -0.25) is 10.2 Å². The molecule has 1 aliphatic heterocycles. The van der Waals surface area contributed by atoms with E-state index in [4.69, 9.17) is 22.1 Å². The monoisotopic (exact) mass is 545 g/mol. The molecule has 0 unspecified atom stereocenters. The number of primary sulfonamides is 1. The largest absolute Gasteiger partial charge is 0.497 e. The molecule has 38 heavy (non-hydrogen) atoms. The van der Waals surface area contributed by atoms with Crippen LogP contribution in [0.2, 0.25) is 0 Å². The van der Waals surface area contributed by atoms with E-state index < -0.39 is 10.0 Å². The van der Waals surface area contributed by atoms with Gasteiger partial charge in [0.15, 0.2) is 10.8 Å². The van der Waals surface area contributed by atoms with Gasteiger partial charge in [0.25, 0.3) is 5.91 Å². The maximum atomic E-state index is 13.5. The number of fused-ring (bicyclic) bond motifs is 2. The SMILES string of the molecule is COc1ccc2c(c1)C(=NNC(=S)Nc1cccc(S(N)(=O)=O)c1)C(=O)N2Cc1ccc2ccccc2c1. The van der Waals surface area contributed by atoms with Crippen molar-refractivity contribution in [2.75, 3.05) is 17.3 Å². The standard InChI is InChI=1S/C27H23N5O4S2/c1-36-21-11-12-24-23(15-21)25(30-31-27(37)29-20-7-4-8-22(14-20)38(28,34)35)26(33)32(24)16-17-9-10-18-5-2-3-6-19(18)13-17/h2-15H,16H2,1H3,(H2,28,34,35)(H2,29,31,37). The van der Waals surface area contributed by atoms with Crippen molar-refractivity contribution < 1.29 is 17.9 Å². The average molecular weight is 546 g/mol. The van der Waals surface area contributed by atoms with Crippen LogP contribution in [0.1, 0.15) is 11.1 Å². The summed E-state index contributed by atoms with van der Waals surface area (Å²) < 4.78 is 28.6. The molecular weight excluding hydrogens is 522 g/mol. The molecular formula is C27H23N5O4S2. The van der Waals surface area contributed by atoms with Crippen LogP contribution in [0.4, 0.5) is 11.4 Å². The van der Waals surface area contributed by atoms with Gasteiger partial charge in [0.1, 0.15) is 5.75 Å². The van der Waals surface area contributed by atoms with Crippen molar-refractivity contribution in [2.45, 2.75) is 11.4 Å². The predicted octanol–water partition coefficient (Wildman–Crippen LogP) is 3.73. The fourth-order valence-corrected chi connectivity index (χ4v) is 4.94. The number of thiocarbonyl (C=S) groups is 1. The Morgan fingerprint density at radius 2 is 1.79 bits per heavy atom. The molecule has 1 aliphatic rings. The van der Waals surface area contributed by atoms with E-state index in [9.17, 15) is 13.2 Å². The Morgan fingerprint density at radius 3 is 2.55 bits per heavy atom. The predicted molar refractivity (Wildman–Crippen MR) is 152 cm³/mol. The van der Waals surface area contributed by atoms with Crippen molar-refractivity contribution >= 4 is 61.1 Å². The molecule has 0 fully saturated rings. The first-order valence-electron chi connectivity index (χ1n) is 11.5. The first-order valence-corrected chi connectivity index (χ1v) is 13.4. The van der Waals surface area contributed by atoms with Crippen LogP contribution >= 0.6 is 12.2 Å². The summed E-state index contributed by atoms with van der Waals surface area (Å²) in [5.74, 6) is 0.283. The quantitative estimate of drug-likeness (QED) is 0.249. The molecule has 5 rings (SSSR count). The molecule has 192 valence electrons. The molecule has 0 radical (unpaired) electrons. The minimum absolute atomic E-state index is 0.0621. The van der Waals surface area contributed by atoms with E-state index in [2.05, 4.69) is 21.9 Å². The third kappa shape index (κ3) is 5.21. The van der Waals surface area contributed by atoms with Gasteiger partial charge in [0.05, 0.1) is 24.2 Å². The van der Waals surface area contributed by atoms with Gasteiger partial charge in [-0.2, -0.15) is 5.10 Å². The number of hydrogen-bond acceptors (Lipinski definition) is 6. The van der Waals surface area contributed by atoms with Gasteiger partial charge in [-0.1, -0.05) is 42.5 Å². The molecule has 0 aromatic heterocycles. The highest BCUT2D eigenvalue weighted by molar-refractivity contribution is 7.89. The zero-order valence-electron chi connectivity index (χ0n) is 20.2. The van der Waals surface area contributed by atoms with E-state index in [-0.39, 0.29) is 21.6 Å². The molecule has 0 saturated heterocycles. The van der Waals surface area contributed by atoms with Crippen LogP contribution in [0, 0.1) is 0 Å². The highest BCUT2D eigenvalue weighted by atomic mass is 32.2. The number of anilines is 2. The number of rotatable bonds is 6. The lowest BCUT2D eigenvalue weighted by Gasteiger charge is -2.17. The van der Waals surface area contributed by atoms with Crippen molar-refractivity contribution in [1.82, 2.24) is 5.43 Å². The number of sulfonamides is 1. The topological polar surface area (TPSA) is 126 Å². The number of nitrogens with zero attached hydrogens (tertiary/aromatic N) is 2. The summed E-state index contributed by atoms with van der Waals surface area (Å²) in [5.41, 5.74) is 5.52. The second-order valence-electron chi connectivity index (χ2n) is 8.56. The molecule has 11 heteroatoms. The van der Waals surface area contributed by atoms with Crippen LogP contribution in [0.15, 0.2) is 94.9 Å². The number of hydrazone groups is 1. The van der Waals surface area contributed by atoms with Crippen LogP contribution < -0.4 is 25.5 Å². The molecule has 0 saturated carbocycles. The first-order chi connectivity index (χ1) is 18.2. The minimum atomic E-state index is -3.87. The Balaban J connectivity index is 1.40. The number of amides is 1. The van der Waals surface area contributed by atoms with Crippen molar-refractivity contribution in [3.8, 4) is 5.75 Å². The lowest BCUT2D eigenvalue weighted by molar-refractivity contribution is -0.112. The molecule has 4 N–H and O–H groups in total. The Kier molecular flexibility index (Phi) is 6.81. The minimum Gasteiger partial charge on any atom is -0.497 e. The molecule has 0 aliphatic carbocycles. The second-order valence-corrected chi connectivity index (χ2v) is 10.5. The summed E-state index contributed by atoms with van der Waals surface area (Å²) in [5, 5.41) is 14.6. The van der Waals surface area contributed by atoms with Crippen molar-refractivity contribution in [1.29, 1.82) is 0 Å². The first kappa shape index (κ1) is 25.3. The number of ether oxygens (including phenoxy) is 1. The Bertz CT molecular complexity index is 1720. The smallest absolute Gasteiger partial charge is 0.279 e. The van der Waals surface area contributed by atoms with E-state index in [0.29, 0.717) is 29.2 Å². The summed E-state index contributed by atoms with van der Waals surface area (Å²) in [6.45, 7) is 0.352. The summed E-state index contributed by atoms with van der Waals surface area (Å²) in [6.07, 6.45) is 0. The average Bonchev–Trinajstić information content (AvgIpc) is 3.16. The zero-order valence-corrected chi connectivity index (χ0v) is 21.8. The molecule has 1 heterocycles. The van der Waals surface area contributed by atoms with Gasteiger partial charge >= 0.3 is 0 Å². The van der Waals surface area contributed by atoms with Crippen molar-refractivity contribution in [3.05, 3.63) is 96.1 Å². The Hall–Kier alpha value is -4.32. The second kappa shape index (κ2) is 10.2. The lowest BCUT2D eigenvalue weighted by atomic mass is 10.1. The maximum absolute atomic E-state index is 13.5. The Labute approximate surface area is 225 Å². The maximum Gasteiger partial charge on any atom is 0.279 e. The van der Waals surface area contributed by atoms with Crippen LogP contribution in [0.25, 0.3) is 10.8 Å². The molecule has 0 atom stereocenters. The van der Waals surface area contributed by atoms with Gasteiger partial charge in [-0.25, -0.2) is 13.6 Å². The van der Waals surface area contributed by atoms with Gasteiger partial charge in [0.2, 0.25) is 10.0 Å². The van der Waals surface area contributed by atoms with E-state index in [1.807, 2.05) is 42.5 Å². The normalized spacial score (nSPS) is 14.0. The Morgan fingerprint density at radius 1 is 1.00 bits per heavy atom. The highest BCUT2D eigenvalue weighted by Crippen LogP contribution is 2.34. The van der Waals surface area contributed by atoms with Crippen LogP contribution in [0.5, 0.6) is 5.75 Å². The summed E-state index contributed by atoms with van der Waals surface area (Å²) in [7, 11) is -2.32. The van der Waals surface area contributed by atoms with E-state index in [1.165, 1.54) is 18.2 Å². The van der Waals surface area contributed by atoms with Gasteiger partial charge in [0, 0.05) is 11.3 Å². The van der Waals surface area contributed by atoms with E-state index in [0.717, 1.165) is 16.3 Å². The van der Waals surface area contributed by atoms with E-state index >= 15 is 0 Å². The van der Waals surface area contributed by atoms with Crippen molar-refractivity contribution in [2.24, 2.45) is 10.2 Å². The molecule has 4 aromatic carbocycles. The van der Waals surface area contributed by atoms with Gasteiger partial charge < -0.3 is 15.0 Å². The number of nitrogens with two attached hydrogens (primary N) is 1. The van der Waals surface area contributed by atoms with Gasteiger partial charge in [-0.15, -0.1) is 0 Å². The van der Waals surface area contributed by atoms with Crippen LogP contribution in [-0.4, -0.2) is 32.3 Å². The molecule has 9 nitrogen and oxygen atoms in total. The summed E-state index contributed by atoms with van der Waals surface area (Å²) in [4.78, 5) is 15.1. The summed E-state index contributed by atoms with van der Waals surface area (Å²) >= 11 is 5.31. The third-order valence-corrected chi connectivity index (χ3v) is 7.15. The third-order valence-electron chi connectivity index (χ3n) is 6.04. The summed E-state index contributed by atoms with van der Waals surface area (Å²) in [6, 6.07) is 25.4. The fourth-order valence-electron chi connectivity index (χ4n) is 4.22. The number of nitrogens with one attached hydrogen (secondary N) is 2. The fraction of sp³-hybridized carbons (Fsp3) is 0.0741. The van der Waals surface area contributed by atoms with Crippen LogP contribution in [-0.2, 0) is 21.4 Å².